The molecule has 0 radical (unpaired) electrons. The molecule has 0 fully saturated rings. The van der Waals surface area contributed by atoms with E-state index >= 15 is 0 Å². The number of hydrogen-bond donors (Lipinski definition) is 1. The molecule has 0 spiro atoms. The minimum absolute atomic E-state index is 0.00497. The fourth-order valence-electron chi connectivity index (χ4n) is 2.83. The summed E-state index contributed by atoms with van der Waals surface area (Å²) in [6.07, 6.45) is -2.85. The van der Waals surface area contributed by atoms with E-state index in [4.69, 9.17) is 0 Å². The van der Waals surface area contributed by atoms with Crippen LogP contribution in [0, 0.1) is 42.9 Å². The van der Waals surface area contributed by atoms with Crippen LogP contribution in [-0.4, -0.2) is 20.7 Å². The smallest absolute Gasteiger partial charge is 0.264 e. The number of amides is 1. The standard InChI is InChI=1S/C17H11F7N4O/c1-5-3-7(16(23)24)9-6(2)27-28(17(9)25-5)4-8(29)26-15-13(21)11(19)10(18)12(20)14(15)22/h3,16H,4H2,1-2H3,(H,26,29). The average Bonchev–Trinajstić information content (AvgIpc) is 2.96. The molecule has 0 atom stereocenters. The van der Waals surface area contributed by atoms with Crippen LogP contribution in [-0.2, 0) is 11.3 Å². The highest BCUT2D eigenvalue weighted by Crippen LogP contribution is 2.30. The van der Waals surface area contributed by atoms with E-state index in [-0.39, 0.29) is 28.0 Å². The van der Waals surface area contributed by atoms with E-state index in [1.807, 2.05) is 0 Å². The fraction of sp³-hybridized carbons (Fsp3) is 0.235. The van der Waals surface area contributed by atoms with E-state index in [2.05, 4.69) is 10.1 Å². The summed E-state index contributed by atoms with van der Waals surface area (Å²) in [5.74, 6) is -12.5. The number of carbonyl (C=O) groups is 1. The van der Waals surface area contributed by atoms with Gasteiger partial charge >= 0.3 is 0 Å². The zero-order chi connectivity index (χ0) is 21.6. The monoisotopic (exact) mass is 420 g/mol. The van der Waals surface area contributed by atoms with Gasteiger partial charge in [-0.2, -0.15) is 5.10 Å². The number of nitrogens with one attached hydrogen (secondary N) is 1. The Morgan fingerprint density at radius 1 is 1.03 bits per heavy atom. The molecule has 1 amide bonds. The lowest BCUT2D eigenvalue weighted by molar-refractivity contribution is -0.116. The van der Waals surface area contributed by atoms with Crippen LogP contribution in [0.15, 0.2) is 6.07 Å². The predicted molar refractivity (Wildman–Crippen MR) is 86.8 cm³/mol. The summed E-state index contributed by atoms with van der Waals surface area (Å²) < 4.78 is 94.4. The van der Waals surface area contributed by atoms with Gasteiger partial charge in [0.15, 0.2) is 28.9 Å². The average molecular weight is 420 g/mol. The first-order valence-electron chi connectivity index (χ1n) is 7.97. The number of hydrogen-bond acceptors (Lipinski definition) is 3. The van der Waals surface area contributed by atoms with Crippen molar-refractivity contribution in [2.24, 2.45) is 0 Å². The first-order chi connectivity index (χ1) is 13.5. The van der Waals surface area contributed by atoms with Crippen molar-refractivity contribution in [1.82, 2.24) is 14.8 Å². The summed E-state index contributed by atoms with van der Waals surface area (Å²) in [4.78, 5) is 16.2. The molecule has 0 bridgehead atoms. The molecule has 0 unspecified atom stereocenters. The van der Waals surface area contributed by atoms with Gasteiger partial charge in [-0.05, 0) is 19.9 Å². The second-order valence-electron chi connectivity index (χ2n) is 6.09. The maximum Gasteiger partial charge on any atom is 0.264 e. The highest BCUT2D eigenvalue weighted by Gasteiger charge is 2.27. The minimum atomic E-state index is -2.85. The Bertz CT molecular complexity index is 1110. The molecule has 0 aliphatic rings. The highest BCUT2D eigenvalue weighted by molar-refractivity contribution is 5.92. The van der Waals surface area contributed by atoms with E-state index in [1.54, 1.807) is 5.32 Å². The third-order valence-electron chi connectivity index (χ3n) is 4.04. The zero-order valence-electron chi connectivity index (χ0n) is 14.8. The van der Waals surface area contributed by atoms with Crippen molar-refractivity contribution in [2.75, 3.05) is 5.32 Å². The molecule has 1 aromatic carbocycles. The molecule has 0 aliphatic heterocycles. The van der Waals surface area contributed by atoms with Crippen LogP contribution in [0.4, 0.5) is 36.4 Å². The molecule has 5 nitrogen and oxygen atoms in total. The second-order valence-corrected chi connectivity index (χ2v) is 6.09. The van der Waals surface area contributed by atoms with Crippen molar-refractivity contribution in [2.45, 2.75) is 26.8 Å². The number of aryl methyl sites for hydroxylation is 2. The number of nitrogens with zero attached hydrogens (tertiary/aromatic N) is 3. The second kappa shape index (κ2) is 7.33. The van der Waals surface area contributed by atoms with Crippen LogP contribution < -0.4 is 5.32 Å². The van der Waals surface area contributed by atoms with Gasteiger partial charge in [0, 0.05) is 11.3 Å². The summed E-state index contributed by atoms with van der Waals surface area (Å²) in [7, 11) is 0. The van der Waals surface area contributed by atoms with Gasteiger partial charge in [-0.15, -0.1) is 0 Å². The van der Waals surface area contributed by atoms with E-state index in [1.165, 1.54) is 13.8 Å². The highest BCUT2D eigenvalue weighted by atomic mass is 19.3. The number of anilines is 1. The van der Waals surface area contributed by atoms with Crippen LogP contribution in [0.3, 0.4) is 0 Å². The number of benzene rings is 1. The summed E-state index contributed by atoms with van der Waals surface area (Å²) in [5, 5.41) is 5.50. The largest absolute Gasteiger partial charge is 0.319 e. The lowest BCUT2D eigenvalue weighted by Gasteiger charge is -2.10. The topological polar surface area (TPSA) is 59.8 Å². The normalized spacial score (nSPS) is 11.5. The van der Waals surface area contributed by atoms with Crippen LogP contribution in [0.25, 0.3) is 11.0 Å². The summed E-state index contributed by atoms with van der Waals surface area (Å²) >= 11 is 0. The van der Waals surface area contributed by atoms with Crippen LogP contribution >= 0.6 is 0 Å². The quantitative estimate of drug-likeness (QED) is 0.389. The first-order valence-corrected chi connectivity index (χ1v) is 7.97. The van der Waals surface area contributed by atoms with Gasteiger partial charge < -0.3 is 5.32 Å². The van der Waals surface area contributed by atoms with Crippen LogP contribution in [0.2, 0.25) is 0 Å². The van der Waals surface area contributed by atoms with Crippen molar-refractivity contribution in [3.63, 3.8) is 0 Å². The van der Waals surface area contributed by atoms with Gasteiger partial charge in [-0.3, -0.25) is 4.79 Å². The Morgan fingerprint density at radius 3 is 2.14 bits per heavy atom. The molecule has 12 heteroatoms. The van der Waals surface area contributed by atoms with E-state index in [0.717, 1.165) is 10.7 Å². The van der Waals surface area contributed by atoms with Crippen molar-refractivity contribution in [3.05, 3.63) is 52.1 Å². The van der Waals surface area contributed by atoms with Gasteiger partial charge in [0.1, 0.15) is 12.2 Å². The van der Waals surface area contributed by atoms with Crippen molar-refractivity contribution in [3.8, 4) is 0 Å². The van der Waals surface area contributed by atoms with Gasteiger partial charge in [-0.1, -0.05) is 0 Å². The Labute approximate surface area is 158 Å². The van der Waals surface area contributed by atoms with Gasteiger partial charge in [0.05, 0.1) is 11.1 Å². The predicted octanol–water partition coefficient (Wildman–Crippen LogP) is 4.32. The number of rotatable bonds is 4. The van der Waals surface area contributed by atoms with E-state index < -0.39 is 53.7 Å². The van der Waals surface area contributed by atoms with Crippen molar-refractivity contribution in [1.29, 1.82) is 0 Å². The van der Waals surface area contributed by atoms with Crippen LogP contribution in [0.1, 0.15) is 23.4 Å². The molecule has 1 N–H and O–H groups in total. The zero-order valence-corrected chi connectivity index (χ0v) is 14.8. The minimum Gasteiger partial charge on any atom is -0.319 e. The summed E-state index contributed by atoms with van der Waals surface area (Å²) in [6.45, 7) is 2.06. The molecule has 3 aromatic rings. The molecule has 2 heterocycles. The third-order valence-corrected chi connectivity index (χ3v) is 4.04. The Kier molecular flexibility index (Phi) is 5.20. The number of pyridine rings is 1. The van der Waals surface area contributed by atoms with Gasteiger partial charge in [-0.25, -0.2) is 40.4 Å². The molecule has 0 saturated carbocycles. The molecule has 29 heavy (non-hydrogen) atoms. The number of fused-ring (bicyclic) bond motifs is 1. The summed E-state index contributed by atoms with van der Waals surface area (Å²) in [6, 6.07) is 1.15. The molecule has 3 rings (SSSR count). The van der Waals surface area contributed by atoms with Crippen molar-refractivity contribution < 1.29 is 35.5 Å². The van der Waals surface area contributed by atoms with Gasteiger partial charge in [0.2, 0.25) is 11.7 Å². The lowest BCUT2D eigenvalue weighted by atomic mass is 10.1. The fourth-order valence-corrected chi connectivity index (χ4v) is 2.83. The number of alkyl halides is 2. The molecule has 0 saturated heterocycles. The number of halogens is 7. The molecule has 0 aliphatic carbocycles. The molecular weight excluding hydrogens is 409 g/mol. The molecular formula is C17H11F7N4O. The number of carbonyl (C=O) groups excluding carboxylic acids is 1. The Morgan fingerprint density at radius 2 is 1.59 bits per heavy atom. The van der Waals surface area contributed by atoms with E-state index in [9.17, 15) is 35.5 Å². The van der Waals surface area contributed by atoms with E-state index in [0.29, 0.717) is 0 Å². The molecule has 154 valence electrons. The Balaban J connectivity index is 1.98. The van der Waals surface area contributed by atoms with Gasteiger partial charge in [0.25, 0.3) is 6.43 Å². The third kappa shape index (κ3) is 3.49. The molecule has 2 aromatic heterocycles. The maximum atomic E-state index is 13.7. The summed E-state index contributed by atoms with van der Waals surface area (Å²) in [5.41, 5.74) is -1.67. The van der Waals surface area contributed by atoms with Crippen molar-refractivity contribution >= 4 is 22.6 Å². The SMILES string of the molecule is Cc1cc(C(F)F)c2c(C)nn(CC(=O)Nc3c(F)c(F)c(F)c(F)c3F)c2n1. The lowest BCUT2D eigenvalue weighted by Crippen LogP contribution is -2.22. The maximum absolute atomic E-state index is 13.7. The first kappa shape index (κ1) is 20.6. The van der Waals surface area contributed by atoms with Crippen LogP contribution in [0.5, 0.6) is 0 Å². The number of aromatic nitrogens is 3. The Hall–Kier alpha value is -3.18.